The molecule has 3 aromatic rings. The molecule has 0 saturated carbocycles. The molecule has 2 aliphatic rings. The first-order valence-corrected chi connectivity index (χ1v) is 9.65. The third kappa shape index (κ3) is 2.63. The second-order valence-corrected chi connectivity index (χ2v) is 7.72. The molecule has 0 unspecified atom stereocenters. The fourth-order valence-corrected chi connectivity index (χ4v) is 4.88. The summed E-state index contributed by atoms with van der Waals surface area (Å²) in [7, 11) is 0. The van der Waals surface area contributed by atoms with Crippen molar-refractivity contribution >= 4 is 16.8 Å². The molecule has 27 heavy (non-hydrogen) atoms. The number of aryl methyl sites for hydroxylation is 1. The average molecular weight is 357 g/mol. The molecular formula is C23H23N3O. The Morgan fingerprint density at radius 3 is 2.81 bits per heavy atom. The van der Waals surface area contributed by atoms with Gasteiger partial charge in [0.25, 0.3) is 5.91 Å². The molecule has 0 bridgehead atoms. The molecule has 4 nitrogen and oxygen atoms in total. The zero-order valence-electron chi connectivity index (χ0n) is 15.4. The number of para-hydroxylation sites is 1. The van der Waals surface area contributed by atoms with Crippen molar-refractivity contribution in [3.05, 3.63) is 77.5 Å². The van der Waals surface area contributed by atoms with E-state index in [1.165, 1.54) is 11.1 Å². The first-order valence-electron chi connectivity index (χ1n) is 9.65. The van der Waals surface area contributed by atoms with Crippen molar-refractivity contribution in [2.75, 3.05) is 19.6 Å². The highest BCUT2D eigenvalue weighted by molar-refractivity contribution is 6.05. The number of hydrogen-bond donors (Lipinski definition) is 1. The van der Waals surface area contributed by atoms with E-state index in [0.717, 1.165) is 30.5 Å². The van der Waals surface area contributed by atoms with Crippen LogP contribution in [0, 0.1) is 18.8 Å². The van der Waals surface area contributed by atoms with E-state index in [9.17, 15) is 4.79 Å². The normalized spacial score (nSPS) is 24.3. The molecule has 4 heteroatoms. The number of amides is 1. The van der Waals surface area contributed by atoms with Gasteiger partial charge in [-0.2, -0.15) is 0 Å². The Labute approximate surface area is 159 Å². The zero-order chi connectivity index (χ0) is 18.4. The largest absolute Gasteiger partial charge is 0.331 e. The topological polar surface area (TPSA) is 45.2 Å². The summed E-state index contributed by atoms with van der Waals surface area (Å²) in [6.07, 6.45) is 1.76. The number of benzene rings is 2. The van der Waals surface area contributed by atoms with Gasteiger partial charge in [0.1, 0.15) is 0 Å². The van der Waals surface area contributed by atoms with Crippen LogP contribution in [-0.4, -0.2) is 35.4 Å². The predicted molar refractivity (Wildman–Crippen MR) is 107 cm³/mol. The third-order valence-corrected chi connectivity index (χ3v) is 6.20. The fraction of sp³-hybridized carbons (Fsp3) is 0.304. The van der Waals surface area contributed by atoms with Crippen LogP contribution in [0.5, 0.6) is 0 Å². The summed E-state index contributed by atoms with van der Waals surface area (Å²) >= 11 is 0. The number of pyridine rings is 1. The highest BCUT2D eigenvalue weighted by atomic mass is 16.2. The molecule has 5 rings (SSSR count). The highest BCUT2D eigenvalue weighted by Crippen LogP contribution is 2.44. The summed E-state index contributed by atoms with van der Waals surface area (Å²) in [6, 6.07) is 18.4. The zero-order valence-corrected chi connectivity index (χ0v) is 15.4. The first kappa shape index (κ1) is 16.5. The lowest BCUT2D eigenvalue weighted by atomic mass is 9.87. The number of aromatic nitrogens is 1. The van der Waals surface area contributed by atoms with E-state index in [1.807, 2.05) is 30.3 Å². The van der Waals surface area contributed by atoms with Crippen molar-refractivity contribution in [1.29, 1.82) is 0 Å². The molecule has 2 aliphatic heterocycles. The van der Waals surface area contributed by atoms with Gasteiger partial charge in [-0.05, 0) is 36.1 Å². The van der Waals surface area contributed by atoms with Crippen LogP contribution in [0.25, 0.3) is 10.9 Å². The number of rotatable bonds is 2. The van der Waals surface area contributed by atoms with E-state index in [1.54, 1.807) is 6.20 Å². The smallest absolute Gasteiger partial charge is 0.256 e. The molecule has 2 fully saturated rings. The van der Waals surface area contributed by atoms with E-state index in [4.69, 9.17) is 0 Å². The van der Waals surface area contributed by atoms with Gasteiger partial charge in [-0.3, -0.25) is 9.78 Å². The number of likely N-dealkylation sites (tertiary alicyclic amines) is 1. The van der Waals surface area contributed by atoms with Gasteiger partial charge in [0.05, 0.1) is 17.1 Å². The highest BCUT2D eigenvalue weighted by Gasteiger charge is 2.47. The summed E-state index contributed by atoms with van der Waals surface area (Å²) in [5.41, 5.74) is 4.03. The van der Waals surface area contributed by atoms with Gasteiger partial charge in [0.2, 0.25) is 0 Å². The molecule has 0 aliphatic carbocycles. The van der Waals surface area contributed by atoms with Gasteiger partial charge in [-0.15, -0.1) is 0 Å². The van der Waals surface area contributed by atoms with Crippen molar-refractivity contribution in [3.63, 3.8) is 0 Å². The van der Waals surface area contributed by atoms with Crippen LogP contribution in [0.3, 0.4) is 0 Å². The second-order valence-electron chi connectivity index (χ2n) is 7.72. The number of hydrogen-bond acceptors (Lipinski definition) is 3. The fourth-order valence-electron chi connectivity index (χ4n) is 4.88. The maximum absolute atomic E-state index is 13.7. The Balaban J connectivity index is 1.60. The molecule has 2 saturated heterocycles. The molecule has 0 spiro atoms. The molecule has 136 valence electrons. The predicted octanol–water partition coefficient (Wildman–Crippen LogP) is 3.58. The summed E-state index contributed by atoms with van der Waals surface area (Å²) in [4.78, 5) is 20.3. The van der Waals surface area contributed by atoms with Gasteiger partial charge in [0.15, 0.2) is 0 Å². The third-order valence-electron chi connectivity index (χ3n) is 6.20. The van der Waals surface area contributed by atoms with Crippen molar-refractivity contribution in [3.8, 4) is 0 Å². The number of nitrogens with one attached hydrogen (secondary N) is 1. The SMILES string of the molecule is Cc1ccccc1[C@@H]1[C@H]2CNC[C@H]2CN1C(=O)c1cccc2cccnc12. The lowest BCUT2D eigenvalue weighted by Gasteiger charge is -2.30. The minimum atomic E-state index is 0.0990. The van der Waals surface area contributed by atoms with Crippen LogP contribution < -0.4 is 5.32 Å². The molecule has 3 atom stereocenters. The number of nitrogens with zero attached hydrogens (tertiary/aromatic N) is 2. The van der Waals surface area contributed by atoms with Gasteiger partial charge >= 0.3 is 0 Å². The van der Waals surface area contributed by atoms with E-state index >= 15 is 0 Å². The van der Waals surface area contributed by atoms with E-state index in [0.29, 0.717) is 17.4 Å². The summed E-state index contributed by atoms with van der Waals surface area (Å²) in [5.74, 6) is 1.08. The maximum atomic E-state index is 13.7. The Morgan fingerprint density at radius 1 is 1.07 bits per heavy atom. The quantitative estimate of drug-likeness (QED) is 0.762. The second kappa shape index (κ2) is 6.46. The van der Waals surface area contributed by atoms with Crippen molar-refractivity contribution in [2.45, 2.75) is 13.0 Å². The molecule has 0 radical (unpaired) electrons. The molecule has 2 aromatic carbocycles. The molecular weight excluding hydrogens is 334 g/mol. The lowest BCUT2D eigenvalue weighted by Crippen LogP contribution is -2.35. The number of carbonyl (C=O) groups is 1. The van der Waals surface area contributed by atoms with Crippen LogP contribution in [0.1, 0.15) is 27.5 Å². The van der Waals surface area contributed by atoms with Crippen LogP contribution in [0.15, 0.2) is 60.8 Å². The summed E-state index contributed by atoms with van der Waals surface area (Å²) in [6.45, 7) is 4.91. The minimum Gasteiger partial charge on any atom is -0.331 e. The maximum Gasteiger partial charge on any atom is 0.256 e. The molecule has 1 amide bonds. The standard InChI is InChI=1S/C23H23N3O/c1-15-6-2-3-9-18(15)22-20-13-24-12-17(20)14-26(22)23(27)19-10-4-7-16-8-5-11-25-21(16)19/h2-11,17,20,22,24H,12-14H2,1H3/t17-,20-,22+/m0/s1. The average Bonchev–Trinajstić information content (AvgIpc) is 3.29. The van der Waals surface area contributed by atoms with E-state index < -0.39 is 0 Å². The van der Waals surface area contributed by atoms with Gasteiger partial charge in [-0.25, -0.2) is 0 Å². The summed E-state index contributed by atoms with van der Waals surface area (Å²) < 4.78 is 0. The first-order chi connectivity index (χ1) is 13.2. The molecule has 3 heterocycles. The van der Waals surface area contributed by atoms with Gasteiger partial charge in [0, 0.05) is 37.1 Å². The Bertz CT molecular complexity index is 1010. The molecule has 1 aromatic heterocycles. The monoisotopic (exact) mass is 357 g/mol. The van der Waals surface area contributed by atoms with Crippen LogP contribution in [-0.2, 0) is 0 Å². The van der Waals surface area contributed by atoms with Crippen LogP contribution in [0.2, 0.25) is 0 Å². The van der Waals surface area contributed by atoms with Crippen molar-refractivity contribution in [1.82, 2.24) is 15.2 Å². The van der Waals surface area contributed by atoms with E-state index in [-0.39, 0.29) is 11.9 Å². The Morgan fingerprint density at radius 2 is 1.93 bits per heavy atom. The van der Waals surface area contributed by atoms with Crippen molar-refractivity contribution in [2.24, 2.45) is 11.8 Å². The van der Waals surface area contributed by atoms with Gasteiger partial charge < -0.3 is 10.2 Å². The van der Waals surface area contributed by atoms with Crippen LogP contribution >= 0.6 is 0 Å². The van der Waals surface area contributed by atoms with E-state index in [2.05, 4.69) is 46.4 Å². The minimum absolute atomic E-state index is 0.0990. The number of carbonyl (C=O) groups excluding carboxylic acids is 1. The van der Waals surface area contributed by atoms with Gasteiger partial charge in [-0.1, -0.05) is 42.5 Å². The number of fused-ring (bicyclic) bond motifs is 2. The lowest BCUT2D eigenvalue weighted by molar-refractivity contribution is 0.0715. The Hall–Kier alpha value is -2.72. The Kier molecular flexibility index (Phi) is 3.94. The van der Waals surface area contributed by atoms with Crippen molar-refractivity contribution < 1.29 is 4.79 Å². The summed E-state index contributed by atoms with van der Waals surface area (Å²) in [5, 5.41) is 4.53. The van der Waals surface area contributed by atoms with Crippen LogP contribution in [0.4, 0.5) is 0 Å². The molecule has 1 N–H and O–H groups in total.